The third-order valence-corrected chi connectivity index (χ3v) is 8.15. The van der Waals surface area contributed by atoms with Gasteiger partial charge in [0.15, 0.2) is 0 Å². The van der Waals surface area contributed by atoms with Gasteiger partial charge in [-0.05, 0) is 84.0 Å². The Morgan fingerprint density at radius 2 is 1.72 bits per heavy atom. The highest BCUT2D eigenvalue weighted by molar-refractivity contribution is 5.98. The van der Waals surface area contributed by atoms with Crippen molar-refractivity contribution >= 4 is 22.6 Å². The van der Waals surface area contributed by atoms with Crippen LogP contribution < -0.4 is 5.32 Å². The van der Waals surface area contributed by atoms with Gasteiger partial charge in [0.05, 0.1) is 13.2 Å². The van der Waals surface area contributed by atoms with E-state index in [1.54, 1.807) is 0 Å². The molecule has 1 amide bonds. The van der Waals surface area contributed by atoms with Crippen molar-refractivity contribution in [1.29, 1.82) is 0 Å². The molecule has 0 fully saturated rings. The molecule has 2 aliphatic carbocycles. The Bertz CT molecular complexity index is 1360. The van der Waals surface area contributed by atoms with Gasteiger partial charge in [-0.1, -0.05) is 60.7 Å². The van der Waals surface area contributed by atoms with E-state index in [0.717, 1.165) is 72.4 Å². The van der Waals surface area contributed by atoms with Crippen LogP contribution in [0.1, 0.15) is 67.3 Å². The molecule has 0 saturated heterocycles. The van der Waals surface area contributed by atoms with Crippen molar-refractivity contribution in [3.8, 4) is 0 Å². The summed E-state index contributed by atoms with van der Waals surface area (Å²) in [5, 5.41) is 5.82. The van der Waals surface area contributed by atoms with Gasteiger partial charge in [0, 0.05) is 5.57 Å². The van der Waals surface area contributed by atoms with Crippen LogP contribution >= 0.6 is 0 Å². The molecule has 36 heavy (non-hydrogen) atoms. The van der Waals surface area contributed by atoms with Gasteiger partial charge in [0.25, 0.3) is 5.91 Å². The third kappa shape index (κ3) is 3.92. The molecule has 0 radical (unpaired) electrons. The number of benzene rings is 3. The highest BCUT2D eigenvalue weighted by Crippen LogP contribution is 2.44. The number of methoxy groups -OCH3 is 1. The van der Waals surface area contributed by atoms with Crippen LogP contribution in [0, 0.1) is 0 Å². The van der Waals surface area contributed by atoms with Crippen molar-refractivity contribution in [1.82, 2.24) is 10.2 Å². The Kier molecular flexibility index (Phi) is 6.10. The van der Waals surface area contributed by atoms with Crippen LogP contribution in [0.2, 0.25) is 0 Å². The molecule has 3 aliphatic rings. The van der Waals surface area contributed by atoms with Gasteiger partial charge in [-0.2, -0.15) is 0 Å². The number of ether oxygens (including phenoxy) is 1. The molecule has 184 valence electrons. The Hall–Kier alpha value is -3.44. The number of rotatable bonds is 5. The van der Waals surface area contributed by atoms with Gasteiger partial charge < -0.3 is 9.64 Å². The zero-order valence-corrected chi connectivity index (χ0v) is 20.7. The lowest BCUT2D eigenvalue weighted by Crippen LogP contribution is -2.50. The molecule has 1 aliphatic heterocycles. The van der Waals surface area contributed by atoms with E-state index in [9.17, 15) is 9.59 Å². The van der Waals surface area contributed by atoms with Crippen LogP contribution in [-0.4, -0.2) is 30.1 Å². The fourth-order valence-corrected chi connectivity index (χ4v) is 6.40. The fraction of sp³-hybridized carbons (Fsp3) is 0.355. The SMILES string of the molecule is COC(=O)[C@H](N[C@@H]1C2=C(CCCC2)C(=O)N1[C@@H]1CCCc2ccccc21)c1ccc2ccccc2c1. The van der Waals surface area contributed by atoms with Crippen molar-refractivity contribution in [2.24, 2.45) is 0 Å². The van der Waals surface area contributed by atoms with E-state index in [0.29, 0.717) is 0 Å². The lowest BCUT2D eigenvalue weighted by Gasteiger charge is -2.39. The highest BCUT2D eigenvalue weighted by atomic mass is 16.5. The van der Waals surface area contributed by atoms with E-state index in [1.807, 2.05) is 29.2 Å². The quantitative estimate of drug-likeness (QED) is 0.472. The minimum absolute atomic E-state index is 0.000417. The lowest BCUT2D eigenvalue weighted by molar-refractivity contribution is -0.145. The van der Waals surface area contributed by atoms with E-state index >= 15 is 0 Å². The maximum Gasteiger partial charge on any atom is 0.327 e. The Morgan fingerprint density at radius 1 is 0.944 bits per heavy atom. The summed E-state index contributed by atoms with van der Waals surface area (Å²) in [5.74, 6) is -0.211. The Balaban J connectivity index is 1.41. The number of carbonyl (C=O) groups is 2. The van der Waals surface area contributed by atoms with Crippen LogP contribution in [0.15, 0.2) is 77.9 Å². The summed E-state index contributed by atoms with van der Waals surface area (Å²) >= 11 is 0. The van der Waals surface area contributed by atoms with Crippen molar-refractivity contribution < 1.29 is 14.3 Å². The first-order chi connectivity index (χ1) is 17.7. The van der Waals surface area contributed by atoms with Crippen LogP contribution in [0.25, 0.3) is 10.8 Å². The predicted molar refractivity (Wildman–Crippen MR) is 140 cm³/mol. The molecule has 5 heteroatoms. The molecule has 0 spiro atoms. The molecule has 0 unspecified atom stereocenters. The molecular weight excluding hydrogens is 448 g/mol. The highest BCUT2D eigenvalue weighted by Gasteiger charge is 2.45. The lowest BCUT2D eigenvalue weighted by atomic mass is 9.86. The van der Waals surface area contributed by atoms with Gasteiger partial charge in [-0.3, -0.25) is 10.1 Å². The van der Waals surface area contributed by atoms with E-state index in [-0.39, 0.29) is 24.1 Å². The van der Waals surface area contributed by atoms with Crippen LogP contribution in [0.5, 0.6) is 0 Å². The normalized spacial score (nSPS) is 22.4. The number of aryl methyl sites for hydroxylation is 1. The second-order valence-corrected chi connectivity index (χ2v) is 10.2. The largest absolute Gasteiger partial charge is 0.468 e. The molecule has 6 rings (SSSR count). The average molecular weight is 481 g/mol. The van der Waals surface area contributed by atoms with E-state index in [1.165, 1.54) is 18.2 Å². The summed E-state index contributed by atoms with van der Waals surface area (Å²) < 4.78 is 5.27. The van der Waals surface area contributed by atoms with Crippen LogP contribution in [-0.2, 0) is 20.7 Å². The fourth-order valence-electron chi connectivity index (χ4n) is 6.40. The standard InChI is InChI=1S/C31H32N2O3/c1-36-31(35)28(23-18-17-20-9-2-3-11-22(20)19-23)32-29-25-14-6-7-15-26(25)30(34)33(29)27-16-8-12-21-10-4-5-13-24(21)27/h2-5,9-11,13,17-19,27-29,32H,6-8,12,14-16H2,1H3/t27-,28-,29+/m1/s1. The summed E-state index contributed by atoms with van der Waals surface area (Å²) in [6.45, 7) is 0. The summed E-state index contributed by atoms with van der Waals surface area (Å²) in [6.07, 6.45) is 6.51. The molecule has 5 nitrogen and oxygen atoms in total. The first-order valence-electron chi connectivity index (χ1n) is 13.1. The molecule has 0 bridgehead atoms. The molecule has 1 heterocycles. The molecule has 3 atom stereocenters. The number of hydrogen-bond donors (Lipinski definition) is 1. The monoisotopic (exact) mass is 480 g/mol. The van der Waals surface area contributed by atoms with Crippen molar-refractivity contribution in [2.45, 2.75) is 63.2 Å². The number of fused-ring (bicyclic) bond motifs is 2. The number of esters is 1. The van der Waals surface area contributed by atoms with Crippen molar-refractivity contribution in [3.63, 3.8) is 0 Å². The zero-order valence-electron chi connectivity index (χ0n) is 20.7. The summed E-state index contributed by atoms with van der Waals surface area (Å²) in [7, 11) is 1.43. The summed E-state index contributed by atoms with van der Waals surface area (Å²) in [6, 6.07) is 22.1. The van der Waals surface area contributed by atoms with Crippen LogP contribution in [0.4, 0.5) is 0 Å². The van der Waals surface area contributed by atoms with Crippen molar-refractivity contribution in [2.75, 3.05) is 7.11 Å². The van der Waals surface area contributed by atoms with Gasteiger partial charge >= 0.3 is 5.97 Å². The first kappa shape index (κ1) is 23.0. The van der Waals surface area contributed by atoms with Crippen LogP contribution in [0.3, 0.4) is 0 Å². The molecule has 0 aromatic heterocycles. The Morgan fingerprint density at radius 3 is 2.58 bits per heavy atom. The molecular formula is C31H32N2O3. The predicted octanol–water partition coefficient (Wildman–Crippen LogP) is 5.76. The van der Waals surface area contributed by atoms with Gasteiger partial charge in [0.1, 0.15) is 12.2 Å². The number of nitrogens with zero attached hydrogens (tertiary/aromatic N) is 1. The maximum absolute atomic E-state index is 13.9. The van der Waals surface area contributed by atoms with Crippen molar-refractivity contribution in [3.05, 3.63) is 94.6 Å². The minimum Gasteiger partial charge on any atom is -0.468 e. The minimum atomic E-state index is -0.674. The topological polar surface area (TPSA) is 58.6 Å². The molecule has 3 aromatic carbocycles. The van der Waals surface area contributed by atoms with Gasteiger partial charge in [0.2, 0.25) is 0 Å². The smallest absolute Gasteiger partial charge is 0.327 e. The van der Waals surface area contributed by atoms with E-state index < -0.39 is 6.04 Å². The number of nitrogens with one attached hydrogen (secondary N) is 1. The molecule has 1 N–H and O–H groups in total. The van der Waals surface area contributed by atoms with E-state index in [2.05, 4.69) is 47.8 Å². The summed E-state index contributed by atoms with van der Waals surface area (Å²) in [5.41, 5.74) is 5.52. The second-order valence-electron chi connectivity index (χ2n) is 10.2. The number of amides is 1. The Labute approximate surface area is 212 Å². The molecule has 3 aromatic rings. The first-order valence-corrected chi connectivity index (χ1v) is 13.1. The van der Waals surface area contributed by atoms with Gasteiger partial charge in [-0.25, -0.2) is 4.79 Å². The number of carbonyl (C=O) groups excluding carboxylic acids is 2. The van der Waals surface area contributed by atoms with Gasteiger partial charge in [-0.15, -0.1) is 0 Å². The second kappa shape index (κ2) is 9.55. The summed E-state index contributed by atoms with van der Waals surface area (Å²) in [4.78, 5) is 29.1. The molecule has 0 saturated carbocycles. The maximum atomic E-state index is 13.9. The zero-order chi connectivity index (χ0) is 24.6. The number of hydrogen-bond acceptors (Lipinski definition) is 4. The average Bonchev–Trinajstić information content (AvgIpc) is 3.21. The third-order valence-electron chi connectivity index (χ3n) is 8.15. The van der Waals surface area contributed by atoms with E-state index in [4.69, 9.17) is 4.74 Å².